The van der Waals surface area contributed by atoms with E-state index in [1.165, 1.54) is 6.42 Å². The fourth-order valence-electron chi connectivity index (χ4n) is 2.76. The summed E-state index contributed by atoms with van der Waals surface area (Å²) in [6.07, 6.45) is 5.43. The number of rotatable bonds is 4. The zero-order chi connectivity index (χ0) is 10.6. The molecule has 0 bridgehead atoms. The van der Waals surface area contributed by atoms with Crippen molar-refractivity contribution in [3.8, 4) is 0 Å². The second-order valence-electron chi connectivity index (χ2n) is 4.22. The number of carbonyl (C=O) groups excluding carboxylic acids is 1. The summed E-state index contributed by atoms with van der Waals surface area (Å²) in [5, 5.41) is 3.32. The van der Waals surface area contributed by atoms with Crippen molar-refractivity contribution in [3.05, 3.63) is 0 Å². The number of primary amides is 1. The van der Waals surface area contributed by atoms with Crippen molar-refractivity contribution in [2.24, 2.45) is 11.7 Å². The zero-order valence-corrected chi connectivity index (χ0v) is 9.31. The number of nitrogens with two attached hydrogens (primary N) is 1. The molecule has 3 N–H and O–H groups in total. The third-order valence-electron chi connectivity index (χ3n) is 3.50. The van der Waals surface area contributed by atoms with Crippen LogP contribution >= 0.6 is 0 Å². The third kappa shape index (κ3) is 1.92. The fraction of sp³-hybridized carbons (Fsp3) is 0.909. The highest BCUT2D eigenvalue weighted by Crippen LogP contribution is 2.35. The van der Waals surface area contributed by atoms with Crippen LogP contribution in [0, 0.1) is 5.92 Å². The van der Waals surface area contributed by atoms with Crippen molar-refractivity contribution in [1.29, 1.82) is 0 Å². The van der Waals surface area contributed by atoms with Crippen LogP contribution in [0.2, 0.25) is 0 Å². The predicted octanol–water partition coefficient (Wildman–Crippen LogP) is 1.42. The van der Waals surface area contributed by atoms with E-state index in [1.807, 2.05) is 6.92 Å². The van der Waals surface area contributed by atoms with E-state index in [2.05, 4.69) is 12.2 Å². The maximum absolute atomic E-state index is 11.6. The molecule has 2 unspecified atom stereocenters. The molecule has 0 aromatic heterocycles. The van der Waals surface area contributed by atoms with Gasteiger partial charge in [0.2, 0.25) is 5.91 Å². The molecule has 0 aliphatic heterocycles. The van der Waals surface area contributed by atoms with Crippen molar-refractivity contribution >= 4 is 5.91 Å². The van der Waals surface area contributed by atoms with Gasteiger partial charge >= 0.3 is 0 Å². The van der Waals surface area contributed by atoms with Gasteiger partial charge < -0.3 is 11.1 Å². The van der Waals surface area contributed by atoms with Crippen LogP contribution < -0.4 is 11.1 Å². The lowest BCUT2D eigenvalue weighted by Gasteiger charge is -2.42. The highest BCUT2D eigenvalue weighted by molar-refractivity contribution is 5.85. The van der Waals surface area contributed by atoms with Gasteiger partial charge in [-0.2, -0.15) is 0 Å². The van der Waals surface area contributed by atoms with E-state index in [0.717, 1.165) is 32.2 Å². The summed E-state index contributed by atoms with van der Waals surface area (Å²) in [4.78, 5) is 11.6. The Kier molecular flexibility index (Phi) is 3.93. The van der Waals surface area contributed by atoms with E-state index in [4.69, 9.17) is 5.73 Å². The number of amides is 1. The molecule has 0 spiro atoms. The molecule has 1 aliphatic carbocycles. The Morgan fingerprint density at radius 2 is 2.21 bits per heavy atom. The van der Waals surface area contributed by atoms with Gasteiger partial charge in [0.15, 0.2) is 0 Å². The minimum Gasteiger partial charge on any atom is -0.368 e. The summed E-state index contributed by atoms with van der Waals surface area (Å²) in [5.74, 6) is 0.264. The van der Waals surface area contributed by atoms with E-state index < -0.39 is 5.54 Å². The number of carbonyl (C=O) groups is 1. The molecule has 3 nitrogen and oxygen atoms in total. The van der Waals surface area contributed by atoms with E-state index >= 15 is 0 Å². The molecular weight excluding hydrogens is 176 g/mol. The average Bonchev–Trinajstić information content (AvgIpc) is 2.18. The normalized spacial score (nSPS) is 32.9. The molecule has 14 heavy (non-hydrogen) atoms. The molecule has 82 valence electrons. The SMILES string of the molecule is CCNC1(C(N)=O)CCCCC1CC. The van der Waals surface area contributed by atoms with Crippen LogP contribution in [-0.4, -0.2) is 18.0 Å². The largest absolute Gasteiger partial charge is 0.368 e. The van der Waals surface area contributed by atoms with Crippen molar-refractivity contribution < 1.29 is 4.79 Å². The summed E-state index contributed by atoms with van der Waals surface area (Å²) < 4.78 is 0. The summed E-state index contributed by atoms with van der Waals surface area (Å²) in [6.45, 7) is 5.00. The van der Waals surface area contributed by atoms with Gasteiger partial charge in [-0.15, -0.1) is 0 Å². The average molecular weight is 198 g/mol. The van der Waals surface area contributed by atoms with Crippen LogP contribution in [0.15, 0.2) is 0 Å². The summed E-state index contributed by atoms with van der Waals surface area (Å²) in [6, 6.07) is 0. The highest BCUT2D eigenvalue weighted by atomic mass is 16.1. The molecule has 0 saturated heterocycles. The van der Waals surface area contributed by atoms with Gasteiger partial charge in [0.1, 0.15) is 5.54 Å². The summed E-state index contributed by atoms with van der Waals surface area (Å²) in [7, 11) is 0. The van der Waals surface area contributed by atoms with Crippen LogP contribution in [0.1, 0.15) is 46.0 Å². The van der Waals surface area contributed by atoms with Gasteiger partial charge in [-0.25, -0.2) is 0 Å². The summed E-state index contributed by atoms with van der Waals surface area (Å²) in [5.41, 5.74) is 5.14. The first-order chi connectivity index (χ1) is 6.67. The number of hydrogen-bond acceptors (Lipinski definition) is 2. The first kappa shape index (κ1) is 11.5. The molecule has 0 heterocycles. The molecule has 2 atom stereocenters. The van der Waals surface area contributed by atoms with Gasteiger partial charge in [0.05, 0.1) is 0 Å². The first-order valence-corrected chi connectivity index (χ1v) is 5.72. The monoisotopic (exact) mass is 198 g/mol. The Balaban J connectivity index is 2.84. The molecule has 1 fully saturated rings. The minimum absolute atomic E-state index is 0.161. The quantitative estimate of drug-likeness (QED) is 0.718. The van der Waals surface area contributed by atoms with Crippen LogP contribution in [0.5, 0.6) is 0 Å². The van der Waals surface area contributed by atoms with Crippen LogP contribution in [0.4, 0.5) is 0 Å². The number of likely N-dealkylation sites (N-methyl/N-ethyl adjacent to an activating group) is 1. The molecule has 3 heteroatoms. The molecule has 1 saturated carbocycles. The Morgan fingerprint density at radius 3 is 2.71 bits per heavy atom. The lowest BCUT2D eigenvalue weighted by Crippen LogP contribution is -2.61. The molecule has 0 aromatic carbocycles. The van der Waals surface area contributed by atoms with Gasteiger partial charge in [0, 0.05) is 0 Å². The second kappa shape index (κ2) is 4.78. The Labute approximate surface area is 86.4 Å². The van der Waals surface area contributed by atoms with E-state index in [9.17, 15) is 4.79 Å². The Morgan fingerprint density at radius 1 is 1.50 bits per heavy atom. The molecule has 0 aromatic rings. The molecule has 1 rings (SSSR count). The minimum atomic E-state index is -0.415. The second-order valence-corrected chi connectivity index (χ2v) is 4.22. The van der Waals surface area contributed by atoms with Crippen molar-refractivity contribution in [1.82, 2.24) is 5.32 Å². The van der Waals surface area contributed by atoms with E-state index in [-0.39, 0.29) is 5.91 Å². The molecule has 0 radical (unpaired) electrons. The standard InChI is InChI=1S/C11H22N2O/c1-3-9-7-5-6-8-11(9,10(12)14)13-4-2/h9,13H,3-8H2,1-2H3,(H2,12,14). The highest BCUT2D eigenvalue weighted by Gasteiger charge is 2.43. The van der Waals surface area contributed by atoms with Crippen LogP contribution in [0.3, 0.4) is 0 Å². The van der Waals surface area contributed by atoms with Gasteiger partial charge in [-0.3, -0.25) is 4.79 Å². The topological polar surface area (TPSA) is 55.1 Å². The lowest BCUT2D eigenvalue weighted by molar-refractivity contribution is -0.128. The van der Waals surface area contributed by atoms with E-state index in [1.54, 1.807) is 0 Å². The van der Waals surface area contributed by atoms with Crippen molar-refractivity contribution in [2.45, 2.75) is 51.5 Å². The first-order valence-electron chi connectivity index (χ1n) is 5.72. The number of nitrogens with one attached hydrogen (secondary N) is 1. The van der Waals surface area contributed by atoms with Crippen molar-refractivity contribution in [3.63, 3.8) is 0 Å². The zero-order valence-electron chi connectivity index (χ0n) is 9.31. The maximum atomic E-state index is 11.6. The third-order valence-corrected chi connectivity index (χ3v) is 3.50. The summed E-state index contributed by atoms with van der Waals surface area (Å²) >= 11 is 0. The maximum Gasteiger partial charge on any atom is 0.238 e. The van der Waals surface area contributed by atoms with Gasteiger partial charge in [-0.1, -0.05) is 33.1 Å². The molecule has 1 aliphatic rings. The van der Waals surface area contributed by atoms with E-state index in [0.29, 0.717) is 5.92 Å². The Bertz CT molecular complexity index is 201. The van der Waals surface area contributed by atoms with Crippen LogP contribution in [-0.2, 0) is 4.79 Å². The smallest absolute Gasteiger partial charge is 0.238 e. The lowest BCUT2D eigenvalue weighted by atomic mass is 9.71. The Hall–Kier alpha value is -0.570. The molecular formula is C11H22N2O. The fourth-order valence-corrected chi connectivity index (χ4v) is 2.76. The number of hydrogen-bond donors (Lipinski definition) is 2. The van der Waals surface area contributed by atoms with Crippen LogP contribution in [0.25, 0.3) is 0 Å². The predicted molar refractivity (Wildman–Crippen MR) is 57.9 cm³/mol. The van der Waals surface area contributed by atoms with Gasteiger partial charge in [0.25, 0.3) is 0 Å². The molecule has 1 amide bonds. The van der Waals surface area contributed by atoms with Gasteiger partial charge in [-0.05, 0) is 25.3 Å². The van der Waals surface area contributed by atoms with Crippen molar-refractivity contribution in [2.75, 3.05) is 6.54 Å².